The van der Waals surface area contributed by atoms with Gasteiger partial charge in [0.05, 0.1) is 0 Å². The third kappa shape index (κ3) is 3.28. The average molecular weight is 361 g/mol. The molecular weight excluding hydrogens is 328 g/mol. The Kier molecular flexibility index (Phi) is 4.70. The van der Waals surface area contributed by atoms with Gasteiger partial charge in [-0.2, -0.15) is 11.3 Å². The second-order valence-corrected chi connectivity index (χ2v) is 10.1. The lowest BCUT2D eigenvalue weighted by molar-refractivity contribution is -0.141. The number of thiophene rings is 1. The van der Waals surface area contributed by atoms with Gasteiger partial charge in [-0.15, -0.1) is 0 Å². The van der Waals surface area contributed by atoms with Crippen molar-refractivity contribution in [2.24, 2.45) is 11.3 Å². The van der Waals surface area contributed by atoms with Gasteiger partial charge in [0.2, 0.25) is 5.91 Å². The van der Waals surface area contributed by atoms with E-state index in [1.807, 2.05) is 0 Å². The average Bonchev–Trinajstić information content (AvgIpc) is 3.32. The van der Waals surface area contributed by atoms with Crippen molar-refractivity contribution in [2.75, 3.05) is 19.6 Å². The number of piperidine rings is 1. The molecule has 138 valence electrons. The number of carbonyl (C=O) groups is 1. The zero-order valence-electron chi connectivity index (χ0n) is 15.9. The van der Waals surface area contributed by atoms with Gasteiger partial charge in [0.25, 0.3) is 0 Å². The summed E-state index contributed by atoms with van der Waals surface area (Å²) in [5.74, 6) is 1.47. The van der Waals surface area contributed by atoms with Gasteiger partial charge in [-0.1, -0.05) is 33.6 Å². The molecule has 1 aliphatic carbocycles. The van der Waals surface area contributed by atoms with Crippen molar-refractivity contribution in [1.29, 1.82) is 0 Å². The highest BCUT2D eigenvalue weighted by molar-refractivity contribution is 7.08. The number of nitrogens with zero attached hydrogens (tertiary/aromatic N) is 2. The molecule has 0 bridgehead atoms. The molecule has 0 unspecified atom stereocenters. The van der Waals surface area contributed by atoms with Crippen LogP contribution in [0, 0.1) is 11.3 Å². The molecule has 0 radical (unpaired) electrons. The van der Waals surface area contributed by atoms with E-state index in [4.69, 9.17) is 0 Å². The van der Waals surface area contributed by atoms with Crippen LogP contribution in [0.4, 0.5) is 0 Å². The Labute approximate surface area is 156 Å². The monoisotopic (exact) mass is 360 g/mol. The van der Waals surface area contributed by atoms with Gasteiger partial charge in [0.1, 0.15) is 0 Å². The van der Waals surface area contributed by atoms with Crippen LogP contribution in [-0.2, 0) is 4.79 Å². The standard InChI is InChI=1S/C21H32N2OS/c1-21(2,3)20(24)23-13-17(15-9-11-25-14-15)18-12-22(10-8-19(18)23)16-6-4-5-7-16/h9,11,14,16-19H,4-8,10,12-13H2,1-3H3/t17-,18-,19-/m1/s1. The number of hydrogen-bond donors (Lipinski definition) is 0. The third-order valence-corrected chi connectivity index (χ3v) is 7.38. The molecule has 25 heavy (non-hydrogen) atoms. The smallest absolute Gasteiger partial charge is 0.228 e. The number of amides is 1. The molecule has 0 N–H and O–H groups in total. The first-order valence-electron chi connectivity index (χ1n) is 10.0. The molecule has 2 saturated heterocycles. The maximum atomic E-state index is 13.1. The molecule has 0 spiro atoms. The predicted molar refractivity (Wildman–Crippen MR) is 104 cm³/mol. The second-order valence-electron chi connectivity index (χ2n) is 9.32. The van der Waals surface area contributed by atoms with Crippen molar-refractivity contribution in [1.82, 2.24) is 9.80 Å². The van der Waals surface area contributed by atoms with Crippen LogP contribution in [0.2, 0.25) is 0 Å². The van der Waals surface area contributed by atoms with E-state index in [0.717, 1.165) is 19.0 Å². The normalized spacial score (nSPS) is 31.5. The van der Waals surface area contributed by atoms with Crippen molar-refractivity contribution in [3.63, 3.8) is 0 Å². The lowest BCUT2D eigenvalue weighted by Gasteiger charge is -2.42. The van der Waals surface area contributed by atoms with Crippen LogP contribution >= 0.6 is 11.3 Å². The van der Waals surface area contributed by atoms with Crippen LogP contribution in [0.3, 0.4) is 0 Å². The number of fused-ring (bicyclic) bond motifs is 1. The van der Waals surface area contributed by atoms with Crippen LogP contribution in [0.5, 0.6) is 0 Å². The summed E-state index contributed by atoms with van der Waals surface area (Å²) in [6.07, 6.45) is 6.72. The Balaban J connectivity index is 1.58. The first kappa shape index (κ1) is 17.5. The lowest BCUT2D eigenvalue weighted by Crippen LogP contribution is -2.52. The molecule has 4 rings (SSSR count). The third-order valence-electron chi connectivity index (χ3n) is 6.68. The van der Waals surface area contributed by atoms with Gasteiger partial charge < -0.3 is 4.90 Å². The van der Waals surface area contributed by atoms with E-state index in [1.54, 1.807) is 11.3 Å². The second kappa shape index (κ2) is 6.70. The summed E-state index contributed by atoms with van der Waals surface area (Å²) in [6, 6.07) is 3.53. The summed E-state index contributed by atoms with van der Waals surface area (Å²) in [6.45, 7) is 9.47. The van der Waals surface area contributed by atoms with E-state index in [-0.39, 0.29) is 5.41 Å². The first-order chi connectivity index (χ1) is 11.9. The number of rotatable bonds is 2. The number of hydrogen-bond acceptors (Lipinski definition) is 3. The molecule has 2 aliphatic heterocycles. The van der Waals surface area contributed by atoms with Gasteiger partial charge in [-0.3, -0.25) is 9.69 Å². The molecule has 4 heteroatoms. The van der Waals surface area contributed by atoms with Crippen molar-refractivity contribution in [2.45, 2.75) is 70.9 Å². The summed E-state index contributed by atoms with van der Waals surface area (Å²) in [5.41, 5.74) is 1.17. The molecule has 3 heterocycles. The van der Waals surface area contributed by atoms with E-state index in [9.17, 15) is 4.79 Å². The number of likely N-dealkylation sites (tertiary alicyclic amines) is 2. The Morgan fingerprint density at radius 1 is 1.16 bits per heavy atom. The zero-order valence-corrected chi connectivity index (χ0v) is 16.7. The number of carbonyl (C=O) groups excluding carboxylic acids is 1. The van der Waals surface area contributed by atoms with E-state index in [1.165, 1.54) is 44.3 Å². The molecule has 0 aromatic carbocycles. The summed E-state index contributed by atoms with van der Waals surface area (Å²) in [5, 5.41) is 4.50. The fourth-order valence-corrected chi connectivity index (χ4v) is 6.09. The van der Waals surface area contributed by atoms with Gasteiger partial charge >= 0.3 is 0 Å². The summed E-state index contributed by atoms with van der Waals surface area (Å²) >= 11 is 1.79. The fourth-order valence-electron chi connectivity index (χ4n) is 5.36. The summed E-state index contributed by atoms with van der Waals surface area (Å²) in [4.78, 5) is 18.1. The van der Waals surface area contributed by atoms with Crippen molar-refractivity contribution < 1.29 is 4.79 Å². The first-order valence-corrected chi connectivity index (χ1v) is 11.0. The van der Waals surface area contributed by atoms with E-state index in [2.05, 4.69) is 47.4 Å². The van der Waals surface area contributed by atoms with Gasteiger partial charge in [-0.05, 0) is 41.7 Å². The van der Waals surface area contributed by atoms with Gasteiger partial charge in [-0.25, -0.2) is 0 Å². The SMILES string of the molecule is CC(C)(C)C(=O)N1C[C@H](c2ccsc2)[C@H]2CN(C3CCCC3)CC[C@H]21. The molecule has 3 fully saturated rings. The Morgan fingerprint density at radius 3 is 2.56 bits per heavy atom. The van der Waals surface area contributed by atoms with Crippen LogP contribution < -0.4 is 0 Å². The summed E-state index contributed by atoms with van der Waals surface area (Å²) in [7, 11) is 0. The van der Waals surface area contributed by atoms with E-state index < -0.39 is 0 Å². The Morgan fingerprint density at radius 2 is 1.92 bits per heavy atom. The van der Waals surface area contributed by atoms with Crippen LogP contribution in [0.1, 0.15) is 64.4 Å². The predicted octanol–water partition coefficient (Wildman–Crippen LogP) is 4.35. The highest BCUT2D eigenvalue weighted by Crippen LogP contribution is 2.44. The highest BCUT2D eigenvalue weighted by atomic mass is 32.1. The molecule has 1 saturated carbocycles. The molecule has 3 aliphatic rings. The lowest BCUT2D eigenvalue weighted by atomic mass is 9.82. The van der Waals surface area contributed by atoms with Crippen LogP contribution in [0.25, 0.3) is 0 Å². The topological polar surface area (TPSA) is 23.6 Å². The minimum absolute atomic E-state index is 0.281. The molecule has 3 nitrogen and oxygen atoms in total. The maximum Gasteiger partial charge on any atom is 0.228 e. The quantitative estimate of drug-likeness (QED) is 0.783. The Bertz CT molecular complexity index is 600. The van der Waals surface area contributed by atoms with Crippen molar-refractivity contribution in [3.05, 3.63) is 22.4 Å². The molecule has 3 atom stereocenters. The van der Waals surface area contributed by atoms with Crippen LogP contribution in [-0.4, -0.2) is 47.4 Å². The van der Waals surface area contributed by atoms with Crippen LogP contribution in [0.15, 0.2) is 16.8 Å². The minimum atomic E-state index is -0.281. The van der Waals surface area contributed by atoms with E-state index >= 15 is 0 Å². The Hall–Kier alpha value is -0.870. The maximum absolute atomic E-state index is 13.1. The molecule has 1 aromatic rings. The molecule has 1 aromatic heterocycles. The largest absolute Gasteiger partial charge is 0.338 e. The van der Waals surface area contributed by atoms with Gasteiger partial charge in [0, 0.05) is 49.0 Å². The summed E-state index contributed by atoms with van der Waals surface area (Å²) < 4.78 is 0. The van der Waals surface area contributed by atoms with Crippen molar-refractivity contribution in [3.8, 4) is 0 Å². The highest BCUT2D eigenvalue weighted by Gasteiger charge is 2.49. The van der Waals surface area contributed by atoms with Crippen molar-refractivity contribution >= 4 is 17.2 Å². The fraction of sp³-hybridized carbons (Fsp3) is 0.762. The van der Waals surface area contributed by atoms with Gasteiger partial charge in [0.15, 0.2) is 0 Å². The zero-order chi connectivity index (χ0) is 17.6. The molecular formula is C21H32N2OS. The molecule has 1 amide bonds. The minimum Gasteiger partial charge on any atom is -0.338 e. The van der Waals surface area contributed by atoms with E-state index in [0.29, 0.717) is 23.8 Å².